The van der Waals surface area contributed by atoms with Gasteiger partial charge in [0.2, 0.25) is 17.8 Å². The van der Waals surface area contributed by atoms with Gasteiger partial charge in [-0.15, -0.1) is 0 Å². The summed E-state index contributed by atoms with van der Waals surface area (Å²) >= 11 is 0. The Morgan fingerprint density at radius 3 is 2.31 bits per heavy atom. The van der Waals surface area contributed by atoms with Crippen LogP contribution in [0.3, 0.4) is 0 Å². The van der Waals surface area contributed by atoms with Gasteiger partial charge in [0.1, 0.15) is 11.7 Å². The molecule has 3 aliphatic heterocycles. The van der Waals surface area contributed by atoms with Crippen molar-refractivity contribution in [3.05, 3.63) is 101 Å². The minimum atomic E-state index is -0.973. The van der Waals surface area contributed by atoms with E-state index in [-0.39, 0.29) is 36.3 Å². The molecule has 1 aliphatic carbocycles. The molecule has 1 saturated carbocycles. The largest absolute Gasteiger partial charge is 0.352 e. The molecular weight excluding hydrogens is 737 g/mol. The van der Waals surface area contributed by atoms with Gasteiger partial charge in [-0.1, -0.05) is 50.3 Å². The maximum Gasteiger partial charge on any atom is 0.262 e. The number of fused-ring (bicyclic) bond motifs is 3. The predicted molar refractivity (Wildman–Crippen MR) is 218 cm³/mol. The van der Waals surface area contributed by atoms with E-state index in [0.29, 0.717) is 40.7 Å². The lowest BCUT2D eigenvalue weighted by molar-refractivity contribution is -0.136. The summed E-state index contributed by atoms with van der Waals surface area (Å²) in [6.07, 6.45) is 11.6. The van der Waals surface area contributed by atoms with Crippen molar-refractivity contribution < 1.29 is 28.8 Å². The number of hydrogen-bond donors (Lipinski definition) is 3. The lowest BCUT2D eigenvalue weighted by Gasteiger charge is -2.31. The Kier molecular flexibility index (Phi) is 11.0. The normalized spacial score (nSPS) is 17.8. The summed E-state index contributed by atoms with van der Waals surface area (Å²) in [5.41, 5.74) is 4.98. The first-order chi connectivity index (χ1) is 28.2. The highest BCUT2D eigenvalue weighted by Gasteiger charge is 2.44. The van der Waals surface area contributed by atoms with Gasteiger partial charge in [-0.2, -0.15) is 4.98 Å². The molecule has 0 bridgehead atoms. The molecule has 58 heavy (non-hydrogen) atoms. The van der Waals surface area contributed by atoms with Crippen LogP contribution in [0.5, 0.6) is 0 Å². The van der Waals surface area contributed by atoms with Crippen LogP contribution in [-0.2, 0) is 16.0 Å². The van der Waals surface area contributed by atoms with Crippen molar-refractivity contribution in [1.82, 2.24) is 25.5 Å². The van der Waals surface area contributed by atoms with Crippen LogP contribution in [0.25, 0.3) is 0 Å². The molecular formula is C44H46N8O6. The van der Waals surface area contributed by atoms with Gasteiger partial charge >= 0.3 is 0 Å². The molecule has 14 nitrogen and oxygen atoms in total. The average molecular weight is 783 g/mol. The van der Waals surface area contributed by atoms with Crippen LogP contribution in [0.4, 0.5) is 28.8 Å². The minimum absolute atomic E-state index is 0.0861. The number of aryl methyl sites for hydroxylation is 1. The summed E-state index contributed by atoms with van der Waals surface area (Å²) < 4.78 is 0. The van der Waals surface area contributed by atoms with E-state index in [4.69, 9.17) is 4.98 Å². The number of nitrogens with zero attached hydrogens (tertiary/aromatic N) is 5. The molecule has 298 valence electrons. The Balaban J connectivity index is 0.786. The number of carbonyl (C=O) groups excluding carboxylic acids is 6. The lowest BCUT2D eigenvalue weighted by atomic mass is 10.0. The Morgan fingerprint density at radius 1 is 0.776 bits per heavy atom. The quantitative estimate of drug-likeness (QED) is 0.104. The van der Waals surface area contributed by atoms with Gasteiger partial charge in [-0.25, -0.2) is 4.98 Å². The van der Waals surface area contributed by atoms with Crippen molar-refractivity contribution in [2.75, 3.05) is 28.7 Å². The monoisotopic (exact) mass is 782 g/mol. The van der Waals surface area contributed by atoms with E-state index in [1.807, 2.05) is 42.5 Å². The maximum absolute atomic E-state index is 13.5. The van der Waals surface area contributed by atoms with Crippen LogP contribution in [0.15, 0.2) is 72.9 Å². The van der Waals surface area contributed by atoms with Gasteiger partial charge in [0.05, 0.1) is 28.6 Å². The fourth-order valence-electron chi connectivity index (χ4n) is 8.44. The smallest absolute Gasteiger partial charge is 0.262 e. The van der Waals surface area contributed by atoms with E-state index in [0.717, 1.165) is 86.0 Å². The van der Waals surface area contributed by atoms with Crippen LogP contribution in [0, 0.1) is 0 Å². The highest BCUT2D eigenvalue weighted by Crippen LogP contribution is 2.43. The zero-order valence-corrected chi connectivity index (χ0v) is 32.5. The molecule has 1 saturated heterocycles. The van der Waals surface area contributed by atoms with Crippen molar-refractivity contribution in [1.29, 1.82) is 0 Å². The molecule has 0 radical (unpaired) electrons. The fourth-order valence-corrected chi connectivity index (χ4v) is 8.44. The number of benzene rings is 3. The summed E-state index contributed by atoms with van der Waals surface area (Å²) in [5.74, 6) is -1.16. The highest BCUT2D eigenvalue weighted by atomic mass is 16.2. The Labute approximate surface area is 336 Å². The predicted octanol–water partition coefficient (Wildman–Crippen LogP) is 6.22. The van der Waals surface area contributed by atoms with Crippen molar-refractivity contribution in [3.8, 4) is 0 Å². The van der Waals surface area contributed by atoms with Crippen LogP contribution in [0.1, 0.15) is 118 Å². The number of piperidine rings is 1. The summed E-state index contributed by atoms with van der Waals surface area (Å²) in [7, 11) is 1.76. The zero-order valence-electron chi connectivity index (χ0n) is 32.5. The third-order valence-corrected chi connectivity index (χ3v) is 11.6. The first kappa shape index (κ1) is 38.4. The van der Waals surface area contributed by atoms with E-state index < -0.39 is 29.7 Å². The molecule has 1 aromatic heterocycles. The van der Waals surface area contributed by atoms with Crippen molar-refractivity contribution in [3.63, 3.8) is 0 Å². The number of hydrogen-bond acceptors (Lipinski definition) is 10. The second kappa shape index (κ2) is 16.6. The molecule has 6 amide bonds. The Bertz CT molecular complexity index is 2290. The Hall–Kier alpha value is -6.44. The van der Waals surface area contributed by atoms with Crippen LogP contribution >= 0.6 is 0 Å². The van der Waals surface area contributed by atoms with Crippen LogP contribution in [0.2, 0.25) is 0 Å². The van der Waals surface area contributed by atoms with Crippen molar-refractivity contribution in [2.45, 2.75) is 89.1 Å². The number of nitrogens with one attached hydrogen (secondary N) is 3. The van der Waals surface area contributed by atoms with E-state index >= 15 is 0 Å². The zero-order chi connectivity index (χ0) is 40.3. The first-order valence-corrected chi connectivity index (χ1v) is 20.2. The molecule has 1 atom stereocenters. The van der Waals surface area contributed by atoms with E-state index in [9.17, 15) is 28.8 Å². The standard InChI is InChI=1S/C44H46N8O6/c1-50-36-26-46-44(49-38(36)51(30-12-6-7-13-30)34-15-9-8-14-32(34)41(50)56)47-29-19-17-28(18-20-29)39(54)45-24-10-4-2-3-5-11-27-16-21-31-33(25-27)43(58)52(42(31)57)35-22-23-37(53)48-40(35)55/h8-9,14-21,25-26,30,35H,2-7,10-13,22-24H2,1H3,(H,45,54)(H,46,47,49)(H,48,53,55). The molecule has 8 rings (SSSR count). The van der Waals surface area contributed by atoms with Crippen molar-refractivity contribution >= 4 is 64.3 Å². The summed E-state index contributed by atoms with van der Waals surface area (Å²) in [6.45, 7) is 0.560. The third kappa shape index (κ3) is 7.65. The topological polar surface area (TPSA) is 174 Å². The number of rotatable bonds is 13. The number of anilines is 5. The maximum atomic E-state index is 13.5. The molecule has 4 aliphatic rings. The second-order valence-electron chi connectivity index (χ2n) is 15.4. The molecule has 14 heteroatoms. The second-order valence-corrected chi connectivity index (χ2v) is 15.4. The first-order valence-electron chi connectivity index (χ1n) is 20.2. The number of carbonyl (C=O) groups is 6. The molecule has 0 spiro atoms. The molecule has 4 heterocycles. The van der Waals surface area contributed by atoms with E-state index in [1.54, 1.807) is 42.4 Å². The van der Waals surface area contributed by atoms with Gasteiger partial charge in [-0.3, -0.25) is 39.0 Å². The van der Waals surface area contributed by atoms with Gasteiger partial charge in [0.25, 0.3) is 23.6 Å². The van der Waals surface area contributed by atoms with E-state index in [1.165, 1.54) is 0 Å². The number of aromatic nitrogens is 2. The number of unbranched alkanes of at least 4 members (excludes halogenated alkanes) is 4. The minimum Gasteiger partial charge on any atom is -0.352 e. The third-order valence-electron chi connectivity index (χ3n) is 11.6. The van der Waals surface area contributed by atoms with Crippen molar-refractivity contribution in [2.24, 2.45) is 0 Å². The fraction of sp³-hybridized carbons (Fsp3) is 0.364. The number of amides is 6. The van der Waals surface area contributed by atoms with Gasteiger partial charge in [0.15, 0.2) is 5.82 Å². The van der Waals surface area contributed by atoms with Crippen LogP contribution < -0.4 is 25.8 Å². The van der Waals surface area contributed by atoms with E-state index in [2.05, 4.69) is 25.8 Å². The lowest BCUT2D eigenvalue weighted by Crippen LogP contribution is -2.54. The van der Waals surface area contributed by atoms with Crippen LogP contribution in [-0.4, -0.2) is 76.0 Å². The molecule has 3 N–H and O–H groups in total. The molecule has 4 aromatic rings. The van der Waals surface area contributed by atoms with Gasteiger partial charge in [0, 0.05) is 37.3 Å². The molecule has 1 unspecified atom stereocenters. The van der Waals surface area contributed by atoms with Gasteiger partial charge in [-0.05, 0) is 92.6 Å². The summed E-state index contributed by atoms with van der Waals surface area (Å²) in [4.78, 5) is 90.6. The summed E-state index contributed by atoms with van der Waals surface area (Å²) in [6, 6.07) is 19.4. The Morgan fingerprint density at radius 2 is 1.52 bits per heavy atom. The number of imide groups is 2. The summed E-state index contributed by atoms with van der Waals surface area (Å²) in [5, 5.41) is 8.51. The number of para-hydroxylation sites is 1. The molecule has 2 fully saturated rings. The average Bonchev–Trinajstić information content (AvgIpc) is 3.83. The van der Waals surface area contributed by atoms with Gasteiger partial charge < -0.3 is 20.4 Å². The molecule has 3 aromatic carbocycles. The SMILES string of the molecule is CN1C(=O)c2ccccc2N(C2CCCC2)c2nc(Nc3ccc(C(=O)NCCCCCCCc4ccc5c(c4)C(=O)N(C4CCC(=O)NC4=O)C5=O)cc3)ncc21. The highest BCUT2D eigenvalue weighted by molar-refractivity contribution is 6.23.